The second-order valence-corrected chi connectivity index (χ2v) is 6.60. The fourth-order valence-electron chi connectivity index (χ4n) is 2.71. The summed E-state index contributed by atoms with van der Waals surface area (Å²) in [6.45, 7) is 10.2. The van der Waals surface area contributed by atoms with Gasteiger partial charge in [-0.15, -0.1) is 0 Å². The second-order valence-electron chi connectivity index (χ2n) is 6.60. The van der Waals surface area contributed by atoms with Gasteiger partial charge >= 0.3 is 0 Å². The summed E-state index contributed by atoms with van der Waals surface area (Å²) in [5, 5.41) is 0. The van der Waals surface area contributed by atoms with Crippen LogP contribution in [-0.4, -0.2) is 19.5 Å². The Kier molecular flexibility index (Phi) is 17.7. The van der Waals surface area contributed by atoms with Gasteiger partial charge in [-0.1, -0.05) is 58.1 Å². The molecule has 138 valence electrons. The molecule has 0 amide bonds. The number of unbranched alkanes of at least 4 members (excludes halogenated alkanes) is 6. The zero-order valence-corrected chi connectivity index (χ0v) is 16.3. The van der Waals surface area contributed by atoms with Gasteiger partial charge in [-0.2, -0.15) is 0 Å². The monoisotopic (exact) mass is 326 g/mol. The highest BCUT2D eigenvalue weighted by Crippen LogP contribution is 2.13. The Balaban J connectivity index is 3.33. The molecule has 0 N–H and O–H groups in total. The Morgan fingerprint density at radius 3 is 1.78 bits per heavy atom. The van der Waals surface area contributed by atoms with Gasteiger partial charge in [0.15, 0.2) is 6.29 Å². The standard InChI is InChI=1S/C21H42O2/c1-5-20(4)18-16-14-12-10-8-9-11-13-15-17-19-21(22-6-2)23-7-3/h8,10,20-21H,5-7,9,11-19H2,1-4H3/b10-8-. The number of hydrogen-bond acceptors (Lipinski definition) is 2. The molecule has 0 aromatic rings. The van der Waals surface area contributed by atoms with E-state index in [4.69, 9.17) is 9.47 Å². The van der Waals surface area contributed by atoms with Crippen LogP contribution in [0.4, 0.5) is 0 Å². The lowest BCUT2D eigenvalue weighted by Crippen LogP contribution is -2.17. The van der Waals surface area contributed by atoms with Crippen LogP contribution in [-0.2, 0) is 9.47 Å². The van der Waals surface area contributed by atoms with Crippen LogP contribution >= 0.6 is 0 Å². The maximum Gasteiger partial charge on any atom is 0.157 e. The minimum Gasteiger partial charge on any atom is -0.353 e. The lowest BCUT2D eigenvalue weighted by molar-refractivity contribution is -0.140. The minimum absolute atomic E-state index is 0.0142. The average molecular weight is 327 g/mol. The van der Waals surface area contributed by atoms with Gasteiger partial charge in [-0.25, -0.2) is 0 Å². The molecule has 23 heavy (non-hydrogen) atoms. The second kappa shape index (κ2) is 18.0. The maximum atomic E-state index is 5.56. The van der Waals surface area contributed by atoms with Crippen LogP contribution in [0.2, 0.25) is 0 Å². The van der Waals surface area contributed by atoms with Crippen molar-refractivity contribution in [1.82, 2.24) is 0 Å². The Bertz CT molecular complexity index is 244. The molecule has 0 aromatic heterocycles. The normalized spacial score (nSPS) is 13.3. The van der Waals surface area contributed by atoms with Crippen LogP contribution in [0.15, 0.2) is 12.2 Å². The summed E-state index contributed by atoms with van der Waals surface area (Å²) in [6.07, 6.45) is 18.9. The smallest absolute Gasteiger partial charge is 0.157 e. The van der Waals surface area contributed by atoms with Crippen molar-refractivity contribution in [1.29, 1.82) is 0 Å². The van der Waals surface area contributed by atoms with Crippen LogP contribution in [0, 0.1) is 5.92 Å². The summed E-state index contributed by atoms with van der Waals surface area (Å²) in [5.41, 5.74) is 0. The van der Waals surface area contributed by atoms with Gasteiger partial charge in [0, 0.05) is 13.2 Å². The van der Waals surface area contributed by atoms with Crippen molar-refractivity contribution in [2.75, 3.05) is 13.2 Å². The topological polar surface area (TPSA) is 18.5 Å². The van der Waals surface area contributed by atoms with Gasteiger partial charge in [0.2, 0.25) is 0 Å². The number of ether oxygens (including phenoxy) is 2. The van der Waals surface area contributed by atoms with Crippen molar-refractivity contribution in [2.45, 2.75) is 105 Å². The summed E-state index contributed by atoms with van der Waals surface area (Å²) in [4.78, 5) is 0. The van der Waals surface area contributed by atoms with Gasteiger partial charge in [-0.05, 0) is 58.3 Å². The highest BCUT2D eigenvalue weighted by atomic mass is 16.7. The minimum atomic E-state index is 0.0142. The van der Waals surface area contributed by atoms with Crippen molar-refractivity contribution in [3.63, 3.8) is 0 Å². The molecule has 1 atom stereocenters. The first-order valence-corrected chi connectivity index (χ1v) is 10.1. The molecule has 0 radical (unpaired) electrons. The van der Waals surface area contributed by atoms with E-state index in [-0.39, 0.29) is 6.29 Å². The molecule has 0 aliphatic heterocycles. The van der Waals surface area contributed by atoms with Gasteiger partial charge < -0.3 is 9.47 Å². The van der Waals surface area contributed by atoms with Crippen LogP contribution in [0.3, 0.4) is 0 Å². The predicted molar refractivity (Wildman–Crippen MR) is 102 cm³/mol. The molecule has 0 saturated heterocycles. The zero-order chi connectivity index (χ0) is 17.2. The van der Waals surface area contributed by atoms with E-state index in [1.807, 2.05) is 13.8 Å². The third kappa shape index (κ3) is 16.3. The van der Waals surface area contributed by atoms with Gasteiger partial charge in [0.05, 0.1) is 0 Å². The van der Waals surface area contributed by atoms with E-state index in [1.54, 1.807) is 0 Å². The molecule has 0 rings (SSSR count). The molecular weight excluding hydrogens is 284 g/mol. The summed E-state index contributed by atoms with van der Waals surface area (Å²) in [7, 11) is 0. The molecule has 2 nitrogen and oxygen atoms in total. The Labute approximate surface area is 146 Å². The van der Waals surface area contributed by atoms with Crippen molar-refractivity contribution >= 4 is 0 Å². The van der Waals surface area contributed by atoms with E-state index in [1.165, 1.54) is 64.2 Å². The molecule has 0 fully saturated rings. The van der Waals surface area contributed by atoms with Crippen LogP contribution < -0.4 is 0 Å². The third-order valence-electron chi connectivity index (χ3n) is 4.45. The van der Waals surface area contributed by atoms with Crippen LogP contribution in [0.5, 0.6) is 0 Å². The highest BCUT2D eigenvalue weighted by Gasteiger charge is 2.06. The summed E-state index contributed by atoms with van der Waals surface area (Å²) in [5.74, 6) is 0.907. The van der Waals surface area contributed by atoms with Gasteiger partial charge in [0.1, 0.15) is 0 Å². The first-order chi connectivity index (χ1) is 11.2. The molecule has 2 heteroatoms. The van der Waals surface area contributed by atoms with E-state index >= 15 is 0 Å². The fraction of sp³-hybridized carbons (Fsp3) is 0.905. The van der Waals surface area contributed by atoms with Crippen molar-refractivity contribution in [3.8, 4) is 0 Å². The Morgan fingerprint density at radius 2 is 1.22 bits per heavy atom. The van der Waals surface area contributed by atoms with Crippen LogP contribution in [0.1, 0.15) is 98.3 Å². The molecular formula is C21H42O2. The molecule has 0 saturated carbocycles. The van der Waals surface area contributed by atoms with Gasteiger partial charge in [0.25, 0.3) is 0 Å². The van der Waals surface area contributed by atoms with E-state index < -0.39 is 0 Å². The number of allylic oxidation sites excluding steroid dienone is 2. The number of rotatable bonds is 17. The summed E-state index contributed by atoms with van der Waals surface area (Å²) >= 11 is 0. The quantitative estimate of drug-likeness (QED) is 0.165. The molecule has 0 aromatic carbocycles. The lowest BCUT2D eigenvalue weighted by Gasteiger charge is -2.16. The van der Waals surface area contributed by atoms with E-state index in [2.05, 4.69) is 26.0 Å². The van der Waals surface area contributed by atoms with Crippen molar-refractivity contribution in [3.05, 3.63) is 12.2 Å². The molecule has 0 aliphatic rings. The largest absolute Gasteiger partial charge is 0.353 e. The van der Waals surface area contributed by atoms with Crippen molar-refractivity contribution < 1.29 is 9.47 Å². The first-order valence-electron chi connectivity index (χ1n) is 10.1. The Morgan fingerprint density at radius 1 is 0.696 bits per heavy atom. The lowest BCUT2D eigenvalue weighted by atomic mass is 10.0. The van der Waals surface area contributed by atoms with Crippen molar-refractivity contribution in [2.24, 2.45) is 5.92 Å². The first kappa shape index (κ1) is 22.7. The predicted octanol–water partition coefficient (Wildman–Crippen LogP) is 6.89. The third-order valence-corrected chi connectivity index (χ3v) is 4.45. The van der Waals surface area contributed by atoms with Crippen LogP contribution in [0.25, 0.3) is 0 Å². The van der Waals surface area contributed by atoms with Gasteiger partial charge in [-0.3, -0.25) is 0 Å². The SMILES string of the molecule is CCOC(CCCCCC/C=C\CCCCC(C)CC)OCC. The molecule has 0 heterocycles. The summed E-state index contributed by atoms with van der Waals surface area (Å²) in [6, 6.07) is 0. The van der Waals surface area contributed by atoms with E-state index in [0.29, 0.717) is 0 Å². The highest BCUT2D eigenvalue weighted by molar-refractivity contribution is 4.81. The molecule has 0 spiro atoms. The molecule has 0 bridgehead atoms. The maximum absolute atomic E-state index is 5.56. The summed E-state index contributed by atoms with van der Waals surface area (Å²) < 4.78 is 11.1. The average Bonchev–Trinajstić information content (AvgIpc) is 2.55. The molecule has 1 unspecified atom stereocenters. The zero-order valence-electron chi connectivity index (χ0n) is 16.3. The fourth-order valence-corrected chi connectivity index (χ4v) is 2.71. The Hall–Kier alpha value is -0.340. The molecule has 0 aliphatic carbocycles. The number of hydrogen-bond donors (Lipinski definition) is 0. The van der Waals surface area contributed by atoms with E-state index in [9.17, 15) is 0 Å². The van der Waals surface area contributed by atoms with E-state index in [0.717, 1.165) is 25.6 Å².